The summed E-state index contributed by atoms with van der Waals surface area (Å²) in [5.41, 5.74) is 4.96. The fraction of sp³-hybridized carbons (Fsp3) is 0.444. The lowest BCUT2D eigenvalue weighted by molar-refractivity contribution is 0.102. The summed E-state index contributed by atoms with van der Waals surface area (Å²) in [5, 5.41) is 5.81. The molecule has 1 aromatic heterocycles. The van der Waals surface area contributed by atoms with Crippen molar-refractivity contribution in [1.82, 2.24) is 9.88 Å². The minimum absolute atomic E-state index is 0.0430. The number of carbonyl (C=O) groups is 1. The third-order valence-corrected chi connectivity index (χ3v) is 5.62. The van der Waals surface area contributed by atoms with E-state index in [1.165, 1.54) is 18.5 Å². The van der Waals surface area contributed by atoms with Crippen LogP contribution < -0.4 is 15.5 Å². The van der Waals surface area contributed by atoms with Crippen LogP contribution in [-0.2, 0) is 0 Å². The van der Waals surface area contributed by atoms with Gasteiger partial charge in [-0.3, -0.25) is 4.79 Å². The zero-order chi connectivity index (χ0) is 23.5. The fourth-order valence-electron chi connectivity index (χ4n) is 4.21. The van der Waals surface area contributed by atoms with Gasteiger partial charge in [-0.1, -0.05) is 38.2 Å². The van der Waals surface area contributed by atoms with Crippen molar-refractivity contribution < 1.29 is 4.79 Å². The maximum Gasteiger partial charge on any atom is 0.257 e. The molecule has 174 valence electrons. The lowest BCUT2D eigenvalue weighted by Gasteiger charge is -2.20. The van der Waals surface area contributed by atoms with Crippen LogP contribution in [-0.4, -0.2) is 37.7 Å². The quantitative estimate of drug-likeness (QED) is 0.629. The number of nitrogens with one attached hydrogen (secondary N) is 2. The molecule has 2 aliphatic rings. The Morgan fingerprint density at radius 1 is 1.00 bits per heavy atom. The molecule has 1 fully saturated rings. The van der Waals surface area contributed by atoms with Gasteiger partial charge in [0, 0.05) is 35.9 Å². The Hall–Kier alpha value is -2.79. The Morgan fingerprint density at radius 3 is 2.19 bits per heavy atom. The topological polar surface area (TPSA) is 49.3 Å². The Balaban J connectivity index is 0.000000671. The molecular formula is C27H40N4O. The van der Waals surface area contributed by atoms with Crippen molar-refractivity contribution in [3.05, 3.63) is 71.6 Å². The van der Waals surface area contributed by atoms with Gasteiger partial charge in [0.25, 0.3) is 5.91 Å². The highest BCUT2D eigenvalue weighted by Gasteiger charge is 2.20. The number of allylic oxidation sites excluding steroid dienone is 4. The summed E-state index contributed by atoms with van der Waals surface area (Å²) in [5.74, 6) is -0.0430. The van der Waals surface area contributed by atoms with Crippen LogP contribution in [0.3, 0.4) is 0 Å². The standard InChI is InChI=1S/C23H27N3O.C2H7N.C2H6/c1-17-16-22(18(2)26(17)21-8-4-3-5-9-21)23(27)24-19-10-12-20(13-11-19)25-14-6-7-15-25;1-3-2;1-2/h3-5,8,10-13,16,21H,6-7,9,14-15H2,1-2H3,(H,24,27);3H,1-2H3;1-2H3. The molecule has 1 saturated heterocycles. The zero-order valence-electron chi connectivity index (χ0n) is 20.6. The van der Waals surface area contributed by atoms with Gasteiger partial charge >= 0.3 is 0 Å². The monoisotopic (exact) mass is 436 g/mol. The van der Waals surface area contributed by atoms with Crippen LogP contribution in [0.5, 0.6) is 0 Å². The molecule has 1 atom stereocenters. The molecule has 32 heavy (non-hydrogen) atoms. The highest BCUT2D eigenvalue weighted by Crippen LogP contribution is 2.27. The number of rotatable bonds is 4. The predicted octanol–water partition coefficient (Wildman–Crippen LogP) is 5.88. The molecule has 0 bridgehead atoms. The number of nitrogens with zero attached hydrogens (tertiary/aromatic N) is 2. The molecule has 1 aromatic carbocycles. The first-order valence-corrected chi connectivity index (χ1v) is 11.8. The van der Waals surface area contributed by atoms with E-state index >= 15 is 0 Å². The van der Waals surface area contributed by atoms with E-state index in [9.17, 15) is 4.79 Å². The average molecular weight is 437 g/mol. The number of carbonyl (C=O) groups excluding carboxylic acids is 1. The third kappa shape index (κ3) is 6.36. The molecule has 0 spiro atoms. The lowest BCUT2D eigenvalue weighted by Crippen LogP contribution is -2.18. The van der Waals surface area contributed by atoms with E-state index < -0.39 is 0 Å². The number of aromatic nitrogens is 1. The molecule has 5 heteroatoms. The van der Waals surface area contributed by atoms with Gasteiger partial charge in [-0.05, 0) is 77.5 Å². The van der Waals surface area contributed by atoms with Crippen LogP contribution in [0.1, 0.15) is 60.9 Å². The largest absolute Gasteiger partial charge is 0.372 e. The normalized spacial score (nSPS) is 16.7. The van der Waals surface area contributed by atoms with Gasteiger partial charge in [-0.15, -0.1) is 0 Å². The maximum atomic E-state index is 12.9. The molecule has 4 rings (SSSR count). The first kappa shape index (κ1) is 25.5. The number of amides is 1. The van der Waals surface area contributed by atoms with Crippen molar-refractivity contribution >= 4 is 17.3 Å². The van der Waals surface area contributed by atoms with E-state index in [1.807, 2.05) is 53.1 Å². The van der Waals surface area contributed by atoms with E-state index in [0.717, 1.165) is 42.1 Å². The number of hydrogen-bond acceptors (Lipinski definition) is 3. The summed E-state index contributed by atoms with van der Waals surface area (Å²) in [6.45, 7) is 10.4. The van der Waals surface area contributed by atoms with Crippen LogP contribution >= 0.6 is 0 Å². The van der Waals surface area contributed by atoms with Crippen LogP contribution in [0, 0.1) is 13.8 Å². The first-order valence-electron chi connectivity index (χ1n) is 11.8. The first-order chi connectivity index (χ1) is 15.5. The summed E-state index contributed by atoms with van der Waals surface area (Å²) in [6, 6.07) is 10.5. The second-order valence-electron chi connectivity index (χ2n) is 7.97. The molecule has 0 saturated carbocycles. The minimum Gasteiger partial charge on any atom is -0.372 e. The Kier molecular flexibility index (Phi) is 10.3. The summed E-state index contributed by atoms with van der Waals surface area (Å²) < 4.78 is 2.26. The number of hydrogen-bond donors (Lipinski definition) is 2. The summed E-state index contributed by atoms with van der Waals surface area (Å²) in [4.78, 5) is 15.3. The summed E-state index contributed by atoms with van der Waals surface area (Å²) in [7, 11) is 3.75. The minimum atomic E-state index is -0.0430. The van der Waals surface area contributed by atoms with Gasteiger partial charge in [-0.25, -0.2) is 0 Å². The van der Waals surface area contributed by atoms with Gasteiger partial charge in [-0.2, -0.15) is 0 Å². The van der Waals surface area contributed by atoms with E-state index in [1.54, 1.807) is 0 Å². The third-order valence-electron chi connectivity index (χ3n) is 5.62. The highest BCUT2D eigenvalue weighted by molar-refractivity contribution is 6.05. The van der Waals surface area contributed by atoms with Gasteiger partial charge in [0.05, 0.1) is 11.6 Å². The number of anilines is 2. The molecule has 5 nitrogen and oxygen atoms in total. The van der Waals surface area contributed by atoms with Crippen molar-refractivity contribution in [1.29, 1.82) is 0 Å². The van der Waals surface area contributed by atoms with E-state index in [2.05, 4.69) is 63.5 Å². The number of aryl methyl sites for hydroxylation is 1. The molecule has 1 aliphatic carbocycles. The summed E-state index contributed by atoms with van der Waals surface area (Å²) >= 11 is 0. The zero-order valence-corrected chi connectivity index (χ0v) is 20.6. The Morgan fingerprint density at radius 2 is 1.62 bits per heavy atom. The van der Waals surface area contributed by atoms with Gasteiger partial charge < -0.3 is 20.1 Å². The smallest absolute Gasteiger partial charge is 0.257 e. The van der Waals surface area contributed by atoms with Crippen molar-refractivity contribution in [2.24, 2.45) is 0 Å². The highest BCUT2D eigenvalue weighted by atomic mass is 16.1. The summed E-state index contributed by atoms with van der Waals surface area (Å²) in [6.07, 6.45) is 12.0. The Labute approximate surface area is 194 Å². The van der Waals surface area contributed by atoms with Gasteiger partial charge in [0.1, 0.15) is 0 Å². The van der Waals surface area contributed by atoms with Crippen LogP contribution in [0.2, 0.25) is 0 Å². The molecule has 2 aromatic rings. The molecule has 2 N–H and O–H groups in total. The maximum absolute atomic E-state index is 12.9. The number of benzene rings is 1. The van der Waals surface area contributed by atoms with Crippen LogP contribution in [0.25, 0.3) is 0 Å². The Bertz CT molecular complexity index is 902. The van der Waals surface area contributed by atoms with Gasteiger partial charge in [0.2, 0.25) is 0 Å². The second kappa shape index (κ2) is 12.9. The molecule has 0 radical (unpaired) electrons. The second-order valence-corrected chi connectivity index (χ2v) is 7.97. The van der Waals surface area contributed by atoms with E-state index in [-0.39, 0.29) is 11.9 Å². The molecule has 1 aliphatic heterocycles. The van der Waals surface area contributed by atoms with E-state index in [0.29, 0.717) is 0 Å². The van der Waals surface area contributed by atoms with Crippen molar-refractivity contribution in [2.75, 3.05) is 37.4 Å². The fourth-order valence-corrected chi connectivity index (χ4v) is 4.21. The SMILES string of the molecule is CC.CNC.Cc1cc(C(=O)Nc2ccc(N3CCCC3)cc2)c(C)n1C1C=CC=CC1. The predicted molar refractivity (Wildman–Crippen MR) is 138 cm³/mol. The molecule has 1 unspecified atom stereocenters. The molecule has 1 amide bonds. The lowest BCUT2D eigenvalue weighted by atomic mass is 10.1. The molecular weight excluding hydrogens is 396 g/mol. The van der Waals surface area contributed by atoms with Gasteiger partial charge in [0.15, 0.2) is 0 Å². The van der Waals surface area contributed by atoms with Crippen molar-refractivity contribution in [3.8, 4) is 0 Å². The van der Waals surface area contributed by atoms with Crippen molar-refractivity contribution in [3.63, 3.8) is 0 Å². The molecule has 2 heterocycles. The van der Waals surface area contributed by atoms with Crippen LogP contribution in [0.4, 0.5) is 11.4 Å². The average Bonchev–Trinajstić information content (AvgIpc) is 3.45. The van der Waals surface area contributed by atoms with Crippen LogP contribution in [0.15, 0.2) is 54.6 Å². The van der Waals surface area contributed by atoms with E-state index in [4.69, 9.17) is 0 Å². The van der Waals surface area contributed by atoms with Crippen molar-refractivity contribution in [2.45, 2.75) is 53.0 Å².